The number of hydrogen-bond acceptors (Lipinski definition) is 4. The summed E-state index contributed by atoms with van der Waals surface area (Å²) < 4.78 is 5.46. The Morgan fingerprint density at radius 3 is 2.76 bits per heavy atom. The van der Waals surface area contributed by atoms with Crippen LogP contribution in [0.1, 0.15) is 22.9 Å². The van der Waals surface area contributed by atoms with Gasteiger partial charge in [-0.25, -0.2) is 0 Å². The zero-order valence-corrected chi connectivity index (χ0v) is 12.5. The Morgan fingerprint density at radius 1 is 1.19 bits per heavy atom. The number of hydrogen-bond donors (Lipinski definition) is 1. The lowest BCUT2D eigenvalue weighted by molar-refractivity contribution is 0.0829. The molecule has 4 nitrogen and oxygen atoms in total. The quantitative estimate of drug-likeness (QED) is 0.935. The number of likely N-dealkylation sites (N-methyl/N-ethyl adjacent to an activating group) is 1. The van der Waals surface area contributed by atoms with E-state index in [4.69, 9.17) is 10.2 Å². The van der Waals surface area contributed by atoms with Crippen molar-refractivity contribution in [1.29, 1.82) is 0 Å². The molecule has 1 aromatic carbocycles. The van der Waals surface area contributed by atoms with Gasteiger partial charge < -0.3 is 15.1 Å². The smallest absolute Gasteiger partial charge is 0.121 e. The van der Waals surface area contributed by atoms with Gasteiger partial charge >= 0.3 is 0 Å². The van der Waals surface area contributed by atoms with Gasteiger partial charge in [0.25, 0.3) is 0 Å². The third-order valence-corrected chi connectivity index (χ3v) is 4.28. The van der Waals surface area contributed by atoms with Crippen LogP contribution in [0.15, 0.2) is 47.1 Å². The summed E-state index contributed by atoms with van der Waals surface area (Å²) in [4.78, 5) is 4.92. The van der Waals surface area contributed by atoms with E-state index in [0.29, 0.717) is 12.6 Å². The van der Waals surface area contributed by atoms with Crippen molar-refractivity contribution in [3.8, 4) is 0 Å². The van der Waals surface area contributed by atoms with Gasteiger partial charge in [-0.05, 0) is 18.7 Å². The maximum absolute atomic E-state index is 5.75. The second-order valence-corrected chi connectivity index (χ2v) is 5.73. The molecule has 2 heterocycles. The Kier molecular flexibility index (Phi) is 4.39. The average Bonchev–Trinajstić information content (AvgIpc) is 2.97. The molecule has 1 aromatic heterocycles. The van der Waals surface area contributed by atoms with Crippen LogP contribution < -0.4 is 5.73 Å². The molecule has 0 saturated carbocycles. The minimum absolute atomic E-state index is 0.422. The first-order chi connectivity index (χ1) is 10.3. The van der Waals surface area contributed by atoms with Gasteiger partial charge in [-0.1, -0.05) is 30.3 Å². The summed E-state index contributed by atoms with van der Waals surface area (Å²) in [6, 6.07) is 13.2. The number of nitrogens with zero attached hydrogens (tertiary/aromatic N) is 2. The molecule has 1 unspecified atom stereocenters. The van der Waals surface area contributed by atoms with Crippen LogP contribution in [0.5, 0.6) is 0 Å². The van der Waals surface area contributed by atoms with E-state index in [-0.39, 0.29) is 0 Å². The molecule has 112 valence electrons. The third-order valence-electron chi connectivity index (χ3n) is 4.28. The molecule has 2 N–H and O–H groups in total. The highest BCUT2D eigenvalue weighted by molar-refractivity contribution is 5.22. The van der Waals surface area contributed by atoms with Crippen LogP contribution in [-0.4, -0.2) is 36.5 Å². The van der Waals surface area contributed by atoms with Crippen molar-refractivity contribution in [3.05, 3.63) is 59.5 Å². The predicted molar refractivity (Wildman–Crippen MR) is 83.7 cm³/mol. The van der Waals surface area contributed by atoms with Crippen LogP contribution >= 0.6 is 0 Å². The fourth-order valence-electron chi connectivity index (χ4n) is 3.04. The minimum atomic E-state index is 0.422. The normalized spacial score (nSPS) is 20.8. The highest BCUT2D eigenvalue weighted by Crippen LogP contribution is 2.27. The molecule has 1 atom stereocenters. The summed E-state index contributed by atoms with van der Waals surface area (Å²) in [6.07, 6.45) is 1.74. The van der Waals surface area contributed by atoms with Crippen molar-refractivity contribution in [2.45, 2.75) is 19.1 Å². The molecule has 0 spiro atoms. The van der Waals surface area contributed by atoms with Crippen molar-refractivity contribution in [2.24, 2.45) is 5.73 Å². The number of rotatable bonds is 4. The van der Waals surface area contributed by atoms with E-state index in [2.05, 4.69) is 47.2 Å². The van der Waals surface area contributed by atoms with E-state index in [9.17, 15) is 0 Å². The summed E-state index contributed by atoms with van der Waals surface area (Å²) >= 11 is 0. The van der Waals surface area contributed by atoms with Crippen LogP contribution in [0.3, 0.4) is 0 Å². The van der Waals surface area contributed by atoms with Crippen LogP contribution in [0.25, 0.3) is 0 Å². The van der Waals surface area contributed by atoms with E-state index < -0.39 is 0 Å². The monoisotopic (exact) mass is 285 g/mol. The number of piperazine rings is 1. The standard InChI is InChI=1S/C17H23N3O/c1-19-8-9-20(12-15-7-10-21-17(15)11-18)16(13-19)14-5-3-2-4-6-14/h2-7,10,16H,8-9,11-13,18H2,1H3. The van der Waals surface area contributed by atoms with Crippen LogP contribution in [0, 0.1) is 0 Å². The summed E-state index contributed by atoms with van der Waals surface area (Å²) in [7, 11) is 2.19. The fourth-order valence-corrected chi connectivity index (χ4v) is 3.04. The van der Waals surface area contributed by atoms with Crippen LogP contribution in [0.4, 0.5) is 0 Å². The molecule has 0 bridgehead atoms. The van der Waals surface area contributed by atoms with E-state index in [1.165, 1.54) is 11.1 Å². The van der Waals surface area contributed by atoms with Crippen LogP contribution in [0.2, 0.25) is 0 Å². The van der Waals surface area contributed by atoms with Gasteiger partial charge in [0.1, 0.15) is 5.76 Å². The van der Waals surface area contributed by atoms with Gasteiger partial charge in [-0.2, -0.15) is 0 Å². The zero-order chi connectivity index (χ0) is 14.7. The second-order valence-electron chi connectivity index (χ2n) is 5.73. The first-order valence-electron chi connectivity index (χ1n) is 7.51. The largest absolute Gasteiger partial charge is 0.468 e. The molecule has 1 aliphatic rings. The zero-order valence-electron chi connectivity index (χ0n) is 12.5. The lowest BCUT2D eigenvalue weighted by atomic mass is 10.0. The van der Waals surface area contributed by atoms with E-state index in [1.807, 2.05) is 6.07 Å². The molecule has 1 aliphatic heterocycles. The molecule has 3 rings (SSSR count). The maximum atomic E-state index is 5.75. The van der Waals surface area contributed by atoms with Crippen molar-refractivity contribution in [3.63, 3.8) is 0 Å². The van der Waals surface area contributed by atoms with Gasteiger partial charge in [0.2, 0.25) is 0 Å². The van der Waals surface area contributed by atoms with Crippen LogP contribution in [-0.2, 0) is 13.1 Å². The molecule has 0 aliphatic carbocycles. The Morgan fingerprint density at radius 2 is 2.00 bits per heavy atom. The van der Waals surface area contributed by atoms with Crippen molar-refractivity contribution < 1.29 is 4.42 Å². The molecular weight excluding hydrogens is 262 g/mol. The van der Waals surface area contributed by atoms with E-state index in [1.54, 1.807) is 6.26 Å². The van der Waals surface area contributed by atoms with Crippen molar-refractivity contribution in [1.82, 2.24) is 9.80 Å². The fraction of sp³-hybridized carbons (Fsp3) is 0.412. The van der Waals surface area contributed by atoms with Crippen molar-refractivity contribution >= 4 is 0 Å². The topological polar surface area (TPSA) is 45.6 Å². The van der Waals surface area contributed by atoms with Gasteiger partial charge in [0.15, 0.2) is 0 Å². The number of nitrogens with two attached hydrogens (primary N) is 1. The van der Waals surface area contributed by atoms with Crippen molar-refractivity contribution in [2.75, 3.05) is 26.7 Å². The molecule has 1 saturated heterocycles. The number of benzene rings is 1. The summed E-state index contributed by atoms with van der Waals surface area (Å²) in [6.45, 7) is 4.58. The average molecular weight is 285 g/mol. The Labute approximate surface area is 126 Å². The summed E-state index contributed by atoms with van der Waals surface area (Å²) in [5, 5.41) is 0. The molecule has 1 fully saturated rings. The molecule has 21 heavy (non-hydrogen) atoms. The Bertz CT molecular complexity index is 566. The van der Waals surface area contributed by atoms with Gasteiger partial charge in [-0.15, -0.1) is 0 Å². The Hall–Kier alpha value is -1.62. The van der Waals surface area contributed by atoms with Gasteiger partial charge in [0.05, 0.1) is 12.8 Å². The Balaban J connectivity index is 1.81. The first-order valence-corrected chi connectivity index (χ1v) is 7.51. The summed E-state index contributed by atoms with van der Waals surface area (Å²) in [5.74, 6) is 0.903. The van der Waals surface area contributed by atoms with E-state index >= 15 is 0 Å². The SMILES string of the molecule is CN1CCN(Cc2ccoc2CN)C(c2ccccc2)C1. The maximum Gasteiger partial charge on any atom is 0.121 e. The molecular formula is C17H23N3O. The second kappa shape index (κ2) is 6.43. The first kappa shape index (κ1) is 14.3. The lowest BCUT2D eigenvalue weighted by Gasteiger charge is -2.40. The minimum Gasteiger partial charge on any atom is -0.468 e. The highest BCUT2D eigenvalue weighted by atomic mass is 16.3. The predicted octanol–water partition coefficient (Wildman–Crippen LogP) is 2.23. The summed E-state index contributed by atoms with van der Waals surface area (Å²) in [5.41, 5.74) is 8.34. The van der Waals surface area contributed by atoms with Gasteiger partial charge in [0, 0.05) is 37.8 Å². The highest BCUT2D eigenvalue weighted by Gasteiger charge is 2.27. The van der Waals surface area contributed by atoms with Gasteiger partial charge in [-0.3, -0.25) is 4.90 Å². The molecule has 4 heteroatoms. The molecule has 0 radical (unpaired) electrons. The lowest BCUT2D eigenvalue weighted by Crippen LogP contribution is -2.46. The third kappa shape index (κ3) is 3.18. The molecule has 2 aromatic rings. The molecule has 0 amide bonds. The number of furan rings is 1. The van der Waals surface area contributed by atoms with E-state index in [0.717, 1.165) is 31.9 Å².